The lowest BCUT2D eigenvalue weighted by atomic mass is 10.2. The van der Waals surface area contributed by atoms with Crippen molar-refractivity contribution < 1.29 is 27.4 Å². The van der Waals surface area contributed by atoms with Crippen molar-refractivity contribution in [1.29, 1.82) is 0 Å². The van der Waals surface area contributed by atoms with E-state index < -0.39 is 10.0 Å². The third-order valence-electron chi connectivity index (χ3n) is 5.39. The molecule has 1 amide bonds. The third kappa shape index (κ3) is 5.89. The molecular formula is C22H28ClN3O6S. The molecule has 0 atom stereocenters. The van der Waals surface area contributed by atoms with Crippen LogP contribution in [0.3, 0.4) is 0 Å². The van der Waals surface area contributed by atoms with Gasteiger partial charge in [-0.1, -0.05) is 23.7 Å². The van der Waals surface area contributed by atoms with Crippen LogP contribution in [0, 0.1) is 0 Å². The fourth-order valence-corrected chi connectivity index (χ4v) is 5.54. The summed E-state index contributed by atoms with van der Waals surface area (Å²) in [6.45, 7) is 2.24. The monoisotopic (exact) mass is 497 g/mol. The second kappa shape index (κ2) is 11.1. The average Bonchev–Trinajstić information content (AvgIpc) is 2.82. The first-order chi connectivity index (χ1) is 15.8. The van der Waals surface area contributed by atoms with Crippen LogP contribution in [0.15, 0.2) is 41.3 Å². The van der Waals surface area contributed by atoms with Gasteiger partial charge in [-0.15, -0.1) is 0 Å². The Morgan fingerprint density at radius 1 is 1.00 bits per heavy atom. The topological polar surface area (TPSA) is 97.4 Å². The van der Waals surface area contributed by atoms with Gasteiger partial charge in [0.05, 0.1) is 26.4 Å². The average molecular weight is 498 g/mol. The van der Waals surface area contributed by atoms with Crippen molar-refractivity contribution in [3.8, 4) is 17.2 Å². The molecule has 1 saturated heterocycles. The van der Waals surface area contributed by atoms with Crippen LogP contribution in [0.5, 0.6) is 17.2 Å². The van der Waals surface area contributed by atoms with Gasteiger partial charge < -0.3 is 24.4 Å². The SMILES string of the molecule is COc1cc(NC(=O)CCN2CCN(S(=O)(=O)c3ccccc3Cl)CC2)cc(OC)c1OC. The first-order valence-electron chi connectivity index (χ1n) is 10.4. The lowest BCUT2D eigenvalue weighted by Gasteiger charge is -2.34. The van der Waals surface area contributed by atoms with Crippen LogP contribution >= 0.6 is 11.6 Å². The number of nitrogens with zero attached hydrogens (tertiary/aromatic N) is 2. The van der Waals surface area contributed by atoms with Crippen LogP contribution in [0.4, 0.5) is 5.69 Å². The molecule has 0 aromatic heterocycles. The number of anilines is 1. The number of hydrogen-bond donors (Lipinski definition) is 1. The van der Waals surface area contributed by atoms with Gasteiger partial charge in [-0.25, -0.2) is 8.42 Å². The summed E-state index contributed by atoms with van der Waals surface area (Å²) in [5.41, 5.74) is 0.533. The lowest BCUT2D eigenvalue weighted by Crippen LogP contribution is -2.49. The van der Waals surface area contributed by atoms with Gasteiger partial charge in [0, 0.05) is 57.0 Å². The fraction of sp³-hybridized carbons (Fsp3) is 0.409. The normalized spacial score (nSPS) is 15.2. The molecule has 2 aromatic carbocycles. The lowest BCUT2D eigenvalue weighted by molar-refractivity contribution is -0.116. The Morgan fingerprint density at radius 2 is 1.61 bits per heavy atom. The molecule has 180 valence electrons. The van der Waals surface area contributed by atoms with Crippen molar-refractivity contribution in [3.63, 3.8) is 0 Å². The van der Waals surface area contributed by atoms with Crippen LogP contribution in [0.1, 0.15) is 6.42 Å². The van der Waals surface area contributed by atoms with E-state index in [1.807, 2.05) is 0 Å². The van der Waals surface area contributed by atoms with Crippen LogP contribution < -0.4 is 19.5 Å². The van der Waals surface area contributed by atoms with Gasteiger partial charge in [0.25, 0.3) is 0 Å². The summed E-state index contributed by atoms with van der Waals surface area (Å²) in [5, 5.41) is 3.05. The van der Waals surface area contributed by atoms with Gasteiger partial charge in [0.1, 0.15) is 4.90 Å². The number of hydrogen-bond acceptors (Lipinski definition) is 7. The predicted octanol–water partition coefficient (Wildman–Crippen LogP) is 2.70. The van der Waals surface area contributed by atoms with Crippen molar-refractivity contribution in [2.24, 2.45) is 0 Å². The molecule has 33 heavy (non-hydrogen) atoms. The number of nitrogens with one attached hydrogen (secondary N) is 1. The Bertz CT molecular complexity index is 1060. The summed E-state index contributed by atoms with van der Waals surface area (Å²) in [6.07, 6.45) is 0.258. The predicted molar refractivity (Wildman–Crippen MR) is 126 cm³/mol. The second-order valence-corrected chi connectivity index (χ2v) is 9.70. The van der Waals surface area contributed by atoms with E-state index in [9.17, 15) is 13.2 Å². The van der Waals surface area contributed by atoms with Gasteiger partial charge in [-0.05, 0) is 12.1 Å². The third-order valence-corrected chi connectivity index (χ3v) is 7.79. The van der Waals surface area contributed by atoms with Gasteiger partial charge in [-0.3, -0.25) is 4.79 Å². The smallest absolute Gasteiger partial charge is 0.244 e. The van der Waals surface area contributed by atoms with Crippen molar-refractivity contribution in [2.45, 2.75) is 11.3 Å². The molecule has 1 heterocycles. The highest BCUT2D eigenvalue weighted by Crippen LogP contribution is 2.40. The molecule has 0 radical (unpaired) electrons. The highest BCUT2D eigenvalue weighted by atomic mass is 35.5. The molecule has 0 saturated carbocycles. The zero-order valence-corrected chi connectivity index (χ0v) is 20.4. The molecule has 0 spiro atoms. The molecule has 1 N–H and O–H groups in total. The first-order valence-corrected chi connectivity index (χ1v) is 12.2. The summed E-state index contributed by atoms with van der Waals surface area (Å²) in [7, 11) is 0.883. The molecule has 9 nitrogen and oxygen atoms in total. The Morgan fingerprint density at radius 3 is 2.15 bits per heavy atom. The van der Waals surface area contributed by atoms with Crippen molar-refractivity contribution in [1.82, 2.24) is 9.21 Å². The van der Waals surface area contributed by atoms with Crippen LogP contribution in [0.25, 0.3) is 0 Å². The molecule has 1 aliphatic rings. The number of carbonyl (C=O) groups excluding carboxylic acids is 1. The molecule has 2 aromatic rings. The van der Waals surface area contributed by atoms with E-state index in [-0.39, 0.29) is 22.2 Å². The summed E-state index contributed by atoms with van der Waals surface area (Å²) in [4.78, 5) is 14.7. The van der Waals surface area contributed by atoms with E-state index in [0.717, 1.165) is 0 Å². The maximum absolute atomic E-state index is 12.9. The van der Waals surface area contributed by atoms with Gasteiger partial charge in [0.2, 0.25) is 21.7 Å². The number of carbonyl (C=O) groups is 1. The number of benzene rings is 2. The maximum atomic E-state index is 12.9. The van der Waals surface area contributed by atoms with Crippen molar-refractivity contribution in [2.75, 3.05) is 59.4 Å². The number of amides is 1. The molecule has 1 fully saturated rings. The maximum Gasteiger partial charge on any atom is 0.244 e. The number of ether oxygens (including phenoxy) is 3. The van der Waals surface area contributed by atoms with E-state index in [1.165, 1.54) is 31.7 Å². The van der Waals surface area contributed by atoms with E-state index in [4.69, 9.17) is 25.8 Å². The Hall–Kier alpha value is -2.53. The molecule has 0 aliphatic carbocycles. The Balaban J connectivity index is 1.53. The minimum atomic E-state index is -3.65. The summed E-state index contributed by atoms with van der Waals surface area (Å²) in [5.74, 6) is 1.17. The van der Waals surface area contributed by atoms with Gasteiger partial charge >= 0.3 is 0 Å². The van der Waals surface area contributed by atoms with E-state index in [1.54, 1.807) is 30.3 Å². The summed E-state index contributed by atoms with van der Waals surface area (Å²) >= 11 is 6.08. The fourth-order valence-electron chi connectivity index (χ4n) is 3.62. The van der Waals surface area contributed by atoms with Gasteiger partial charge in [-0.2, -0.15) is 4.31 Å². The highest BCUT2D eigenvalue weighted by Gasteiger charge is 2.30. The standard InChI is InChI=1S/C22H28ClN3O6S/c1-30-18-14-16(15-19(31-2)22(18)32-3)24-21(27)8-9-25-10-12-26(13-11-25)33(28,29)20-7-5-4-6-17(20)23/h4-7,14-15H,8-13H2,1-3H3,(H,24,27). The number of halogens is 1. The minimum Gasteiger partial charge on any atom is -0.493 e. The molecule has 1 aliphatic heterocycles. The number of methoxy groups -OCH3 is 3. The molecule has 0 bridgehead atoms. The largest absolute Gasteiger partial charge is 0.493 e. The van der Waals surface area contributed by atoms with E-state index in [0.29, 0.717) is 55.7 Å². The summed E-state index contributed by atoms with van der Waals surface area (Å²) in [6, 6.07) is 9.76. The van der Waals surface area contributed by atoms with Crippen LogP contribution in [-0.4, -0.2) is 77.6 Å². The zero-order valence-electron chi connectivity index (χ0n) is 18.8. The van der Waals surface area contributed by atoms with Crippen LogP contribution in [-0.2, 0) is 14.8 Å². The molecule has 0 unspecified atom stereocenters. The van der Waals surface area contributed by atoms with Gasteiger partial charge in [0.15, 0.2) is 11.5 Å². The quantitative estimate of drug-likeness (QED) is 0.568. The molecule has 3 rings (SSSR count). The van der Waals surface area contributed by atoms with E-state index >= 15 is 0 Å². The number of piperazine rings is 1. The highest BCUT2D eigenvalue weighted by molar-refractivity contribution is 7.89. The second-order valence-electron chi connectivity index (χ2n) is 7.39. The molecule has 11 heteroatoms. The molecular weight excluding hydrogens is 470 g/mol. The van der Waals surface area contributed by atoms with Crippen molar-refractivity contribution >= 4 is 33.2 Å². The van der Waals surface area contributed by atoms with E-state index in [2.05, 4.69) is 10.2 Å². The number of sulfonamides is 1. The number of rotatable bonds is 9. The summed E-state index contributed by atoms with van der Waals surface area (Å²) < 4.78 is 43.1. The van der Waals surface area contributed by atoms with Crippen LogP contribution in [0.2, 0.25) is 5.02 Å². The first kappa shape index (κ1) is 25.1. The Kier molecular flexibility index (Phi) is 8.41. The minimum absolute atomic E-state index is 0.116. The zero-order chi connectivity index (χ0) is 24.0. The van der Waals surface area contributed by atoms with Crippen molar-refractivity contribution in [3.05, 3.63) is 41.4 Å². The Labute approximate surface area is 199 Å².